The van der Waals surface area contributed by atoms with E-state index in [0.29, 0.717) is 56.9 Å². The number of rotatable bonds is 7. The molecular weight excluding hydrogens is 750 g/mol. The van der Waals surface area contributed by atoms with Crippen molar-refractivity contribution in [3.05, 3.63) is 23.3 Å². The quantitative estimate of drug-likeness (QED) is 0.211. The molecule has 0 spiro atoms. The van der Waals surface area contributed by atoms with E-state index in [1.54, 1.807) is 35.2 Å². The molecule has 4 N–H and O–H groups in total. The first-order valence-corrected chi connectivity index (χ1v) is 21.4. The van der Waals surface area contributed by atoms with Crippen molar-refractivity contribution in [3.8, 4) is 0 Å². The second kappa shape index (κ2) is 21.5. The zero-order valence-corrected chi connectivity index (χ0v) is 36.5. The van der Waals surface area contributed by atoms with Crippen molar-refractivity contribution in [2.24, 2.45) is 29.6 Å². The number of nitrogens with zero attached hydrogens (tertiary/aromatic N) is 1. The summed E-state index contributed by atoms with van der Waals surface area (Å²) < 4.78 is 35.8. The topological polar surface area (TPSA) is 191 Å². The van der Waals surface area contributed by atoms with Gasteiger partial charge in [0, 0.05) is 52.6 Å². The molecule has 2 unspecified atom stereocenters. The summed E-state index contributed by atoms with van der Waals surface area (Å²) in [4.78, 5) is 44.1. The third-order valence-corrected chi connectivity index (χ3v) is 13.4. The van der Waals surface area contributed by atoms with Gasteiger partial charge in [-0.05, 0) is 95.5 Å². The summed E-state index contributed by atoms with van der Waals surface area (Å²) in [5.41, 5.74) is 1.65. The van der Waals surface area contributed by atoms with Crippen LogP contribution in [0.3, 0.4) is 0 Å². The van der Waals surface area contributed by atoms with Gasteiger partial charge in [-0.15, -0.1) is 0 Å². The largest absolute Gasteiger partial charge is 0.456 e. The van der Waals surface area contributed by atoms with Gasteiger partial charge in [-0.25, -0.2) is 4.79 Å². The number of methoxy groups -OCH3 is 4. The molecule has 4 aliphatic rings. The zero-order chi connectivity index (χ0) is 43.1. The monoisotopic (exact) mass is 824 g/mol. The summed E-state index contributed by atoms with van der Waals surface area (Å²) >= 11 is 0. The molecule has 0 aromatic rings. The van der Waals surface area contributed by atoms with Crippen LogP contribution in [-0.2, 0) is 42.8 Å². The highest BCUT2D eigenvalue weighted by Gasteiger charge is 2.57. The number of cyclic esters (lactones) is 1. The van der Waals surface area contributed by atoms with Gasteiger partial charge in [0.1, 0.15) is 30.3 Å². The van der Waals surface area contributed by atoms with E-state index < -0.39 is 90.4 Å². The molecule has 0 radical (unpaired) electrons. The summed E-state index contributed by atoms with van der Waals surface area (Å²) in [7, 11) is 6.06. The fourth-order valence-electron chi connectivity index (χ4n) is 9.81. The molecule has 16 atom stereocenters. The Balaban J connectivity index is 1.81. The molecule has 1 amide bonds. The molecule has 3 heterocycles. The summed E-state index contributed by atoms with van der Waals surface area (Å²) in [6, 6.07) is -1.21. The molecule has 58 heavy (non-hydrogen) atoms. The number of Topliss-reactive ketones (excluding diaryl/α,β-unsaturated/α-hetero) is 1. The van der Waals surface area contributed by atoms with Crippen molar-refractivity contribution in [1.82, 2.24) is 4.90 Å². The van der Waals surface area contributed by atoms with Crippen molar-refractivity contribution < 1.29 is 63.2 Å². The van der Waals surface area contributed by atoms with Crippen LogP contribution in [0.5, 0.6) is 0 Å². The second-order valence-corrected chi connectivity index (χ2v) is 17.7. The first kappa shape index (κ1) is 48.4. The number of aliphatic hydroxyl groups excluding tert-OH is 3. The summed E-state index contributed by atoms with van der Waals surface area (Å²) in [6.45, 7) is 11.2. The Morgan fingerprint density at radius 1 is 0.879 bits per heavy atom. The Kier molecular flexibility index (Phi) is 17.9. The molecule has 3 aliphatic heterocycles. The van der Waals surface area contributed by atoms with Crippen LogP contribution in [0, 0.1) is 29.6 Å². The van der Waals surface area contributed by atoms with Crippen LogP contribution in [0.1, 0.15) is 112 Å². The minimum absolute atomic E-state index is 0.0126. The van der Waals surface area contributed by atoms with Crippen LogP contribution in [0.25, 0.3) is 0 Å². The smallest absolute Gasteiger partial charge is 0.329 e. The van der Waals surface area contributed by atoms with Crippen molar-refractivity contribution >= 4 is 17.7 Å². The summed E-state index contributed by atoms with van der Waals surface area (Å²) in [5, 5.41) is 46.3. The lowest BCUT2D eigenvalue weighted by Gasteiger charge is -2.50. The number of hydrogen-bond acceptors (Lipinski definition) is 13. The molecule has 1 aliphatic carbocycles. The Morgan fingerprint density at radius 3 is 2.16 bits per heavy atom. The van der Waals surface area contributed by atoms with E-state index in [-0.39, 0.29) is 43.0 Å². The van der Waals surface area contributed by atoms with Gasteiger partial charge in [-0.3, -0.25) is 9.59 Å². The highest BCUT2D eigenvalue weighted by Crippen LogP contribution is 2.41. The molecule has 14 heteroatoms. The number of allylic oxidation sites excluding steroid dienone is 3. The van der Waals surface area contributed by atoms with Gasteiger partial charge >= 0.3 is 5.97 Å². The van der Waals surface area contributed by atoms with Gasteiger partial charge in [-0.1, -0.05) is 45.4 Å². The van der Waals surface area contributed by atoms with E-state index >= 15 is 0 Å². The third-order valence-electron chi connectivity index (χ3n) is 13.4. The average Bonchev–Trinajstić information content (AvgIpc) is 3.20. The van der Waals surface area contributed by atoms with Crippen LogP contribution in [0.2, 0.25) is 0 Å². The van der Waals surface area contributed by atoms with Crippen LogP contribution in [0.4, 0.5) is 0 Å². The molecule has 332 valence electrons. The number of carbonyl (C=O) groups is 3. The van der Waals surface area contributed by atoms with Crippen molar-refractivity contribution in [1.29, 1.82) is 0 Å². The predicted molar refractivity (Wildman–Crippen MR) is 215 cm³/mol. The predicted octanol–water partition coefficient (Wildman–Crippen LogP) is 4.24. The number of carbonyl (C=O) groups excluding carboxylic acids is 3. The van der Waals surface area contributed by atoms with Crippen molar-refractivity contribution in [2.75, 3.05) is 28.4 Å². The van der Waals surface area contributed by atoms with Gasteiger partial charge in [0.05, 0.1) is 30.5 Å². The lowest BCUT2D eigenvalue weighted by atomic mass is 9.81. The third kappa shape index (κ3) is 11.2. The van der Waals surface area contributed by atoms with Crippen LogP contribution < -0.4 is 0 Å². The molecule has 0 aromatic heterocycles. The summed E-state index contributed by atoms with van der Waals surface area (Å²) in [6.07, 6.45) is 0.347. The van der Waals surface area contributed by atoms with E-state index in [0.717, 1.165) is 10.5 Å². The van der Waals surface area contributed by atoms with Crippen LogP contribution in [-0.4, -0.2) is 138 Å². The normalized spacial score (nSPS) is 43.1. The van der Waals surface area contributed by atoms with E-state index in [1.165, 1.54) is 7.11 Å². The summed E-state index contributed by atoms with van der Waals surface area (Å²) in [5.74, 6) is -6.15. The number of ketones is 1. The first-order chi connectivity index (χ1) is 27.4. The highest BCUT2D eigenvalue weighted by atomic mass is 16.7. The van der Waals surface area contributed by atoms with E-state index in [1.807, 2.05) is 32.9 Å². The first-order valence-electron chi connectivity index (χ1n) is 21.4. The van der Waals surface area contributed by atoms with Gasteiger partial charge in [0.25, 0.3) is 5.91 Å². The highest BCUT2D eigenvalue weighted by molar-refractivity contribution is 5.88. The molecule has 2 saturated heterocycles. The maximum atomic E-state index is 14.6. The number of esters is 1. The lowest BCUT2D eigenvalue weighted by Crippen LogP contribution is -2.67. The van der Waals surface area contributed by atoms with E-state index in [4.69, 9.17) is 28.4 Å². The van der Waals surface area contributed by atoms with Crippen LogP contribution in [0.15, 0.2) is 23.3 Å². The number of hydrogen-bond donors (Lipinski definition) is 4. The molecule has 4 rings (SSSR count). The Hall–Kier alpha value is -2.27. The maximum Gasteiger partial charge on any atom is 0.329 e. The number of amides is 1. The maximum absolute atomic E-state index is 14.6. The van der Waals surface area contributed by atoms with Crippen LogP contribution >= 0.6 is 0 Å². The fourth-order valence-corrected chi connectivity index (χ4v) is 9.81. The Bertz CT molecular complexity index is 1440. The van der Waals surface area contributed by atoms with Gasteiger partial charge < -0.3 is 53.7 Å². The molecule has 3 fully saturated rings. The second-order valence-electron chi connectivity index (χ2n) is 17.7. The van der Waals surface area contributed by atoms with Gasteiger partial charge in [0.2, 0.25) is 5.79 Å². The van der Waals surface area contributed by atoms with Gasteiger partial charge in [0.15, 0.2) is 6.10 Å². The number of piperidine rings is 1. The number of ether oxygens (including phenoxy) is 6. The minimum Gasteiger partial charge on any atom is -0.456 e. The molecule has 14 nitrogen and oxygen atoms in total. The van der Waals surface area contributed by atoms with Crippen molar-refractivity contribution in [3.63, 3.8) is 0 Å². The van der Waals surface area contributed by atoms with E-state index in [2.05, 4.69) is 6.92 Å². The SMILES string of the molecule is CC[C@@H]1/C=C(\C)C[C@H](C)CC(OC)[C@H]2O[C@@](O)(C(O)C(=O)N3[C@@H](OC)CCC[C@H]3C(=O)O[C@H](/C(C)=C/[C@@H]3CC[C@@H](O)[C@H](OC)C3)[C@H](C)[C@@H](O)CC1=O)[C@H](C)C[C@@H]2OC. The zero-order valence-electron chi connectivity index (χ0n) is 36.5. The van der Waals surface area contributed by atoms with Gasteiger partial charge in [-0.2, -0.15) is 0 Å². The molecule has 2 bridgehead atoms. The number of fused-ring (bicyclic) bond motifs is 3. The standard InChI is InChI=1S/C44H73NO13/c1-11-30-18-24(2)17-25(3)19-36(54-8)40-37(55-9)21-27(5)44(52,58-40)41(49)42(50)45-31(13-12-14-38(45)56-10)43(51)57-39(28(6)33(47)23-34(30)48)26(4)20-29-15-16-32(46)35(22-29)53-7/h18,20,25,27-33,35-41,46-47,49,52H,11-17,19,21-23H2,1-10H3/b24-18+,26-20+/t25-,27+,28+,29-,30+,31-,32+,33-,35+,36?,37-,38-,39+,40+,41?,44+/m0/s1. The fraction of sp³-hybridized carbons (Fsp3) is 0.841. The molecular formula is C44H73NO13. The number of aliphatic hydroxyl groups is 4. The minimum atomic E-state index is -2.38. The Labute approximate surface area is 345 Å². The molecule has 1 saturated carbocycles. The average molecular weight is 824 g/mol. The van der Waals surface area contributed by atoms with Crippen molar-refractivity contribution in [2.45, 2.75) is 179 Å². The molecule has 0 aromatic carbocycles. The van der Waals surface area contributed by atoms with E-state index in [9.17, 15) is 34.8 Å². The lowest BCUT2D eigenvalue weighted by molar-refractivity contribution is -0.347. The Morgan fingerprint density at radius 2 is 1.53 bits per heavy atom.